The van der Waals surface area contributed by atoms with Crippen LogP contribution in [0.15, 0.2) is 42.6 Å². The summed E-state index contributed by atoms with van der Waals surface area (Å²) in [5.74, 6) is -1.01. The van der Waals surface area contributed by atoms with Crippen molar-refractivity contribution in [3.05, 3.63) is 77.0 Å². The second kappa shape index (κ2) is 6.42. The molecule has 0 saturated carbocycles. The summed E-state index contributed by atoms with van der Waals surface area (Å²) in [4.78, 5) is 15.3. The largest absolute Gasteiger partial charge is 0.361 e. The van der Waals surface area contributed by atoms with Crippen LogP contribution >= 0.6 is 11.6 Å². The lowest BCUT2D eigenvalue weighted by Crippen LogP contribution is -2.27. The number of nitrogens with one attached hydrogen (secondary N) is 2. The first kappa shape index (κ1) is 15.6. The van der Waals surface area contributed by atoms with E-state index in [-0.39, 0.29) is 5.56 Å². The van der Waals surface area contributed by atoms with Gasteiger partial charge in [0.25, 0.3) is 5.91 Å². The Kier molecular flexibility index (Phi) is 4.35. The van der Waals surface area contributed by atoms with Gasteiger partial charge in [0.1, 0.15) is 5.82 Å². The number of hydrogen-bond acceptors (Lipinski definition) is 1. The number of H-pyrrole nitrogens is 1. The van der Waals surface area contributed by atoms with Crippen LogP contribution in [-0.2, 0) is 6.42 Å². The van der Waals surface area contributed by atoms with Gasteiger partial charge in [-0.25, -0.2) is 4.39 Å². The van der Waals surface area contributed by atoms with Gasteiger partial charge in [-0.1, -0.05) is 23.7 Å². The summed E-state index contributed by atoms with van der Waals surface area (Å²) >= 11 is 6.01. The molecule has 3 nitrogen and oxygen atoms in total. The summed E-state index contributed by atoms with van der Waals surface area (Å²) in [5, 5.41) is 4.42. The molecule has 0 fully saturated rings. The summed E-state index contributed by atoms with van der Waals surface area (Å²) < 4.78 is 13.7. The van der Waals surface area contributed by atoms with E-state index in [0.29, 0.717) is 23.6 Å². The molecule has 0 aliphatic rings. The Morgan fingerprint density at radius 3 is 2.91 bits per heavy atom. The van der Waals surface area contributed by atoms with Gasteiger partial charge in [0.05, 0.1) is 5.56 Å². The monoisotopic (exact) mass is 329 g/mol. The maximum absolute atomic E-state index is 13.7. The first-order valence-corrected chi connectivity index (χ1v) is 7.58. The van der Waals surface area contributed by atoms with E-state index in [1.54, 1.807) is 6.07 Å². The summed E-state index contributed by atoms with van der Waals surface area (Å²) in [7, 11) is 0. The Morgan fingerprint density at radius 2 is 2.13 bits per heavy atom. The summed E-state index contributed by atoms with van der Waals surface area (Å²) in [6.07, 6.45) is 2.51. The van der Waals surface area contributed by atoms with Crippen molar-refractivity contribution in [3.8, 4) is 0 Å². The fraction of sp³-hybridized carbons (Fsp3) is 0.111. The van der Waals surface area contributed by atoms with Gasteiger partial charge in [-0.3, -0.25) is 4.79 Å². The maximum atomic E-state index is 13.7. The van der Waals surface area contributed by atoms with Crippen LogP contribution in [-0.4, -0.2) is 17.4 Å². The van der Waals surface area contributed by atoms with Gasteiger partial charge < -0.3 is 10.3 Å². The number of benzene rings is 2. The number of aromatic amines is 1. The van der Waals surface area contributed by atoms with E-state index >= 15 is 0 Å². The van der Waals surface area contributed by atoms with Crippen molar-refractivity contribution < 1.29 is 9.18 Å². The van der Waals surface area contributed by atoms with E-state index in [1.165, 1.54) is 12.1 Å². The summed E-state index contributed by atoms with van der Waals surface area (Å²) in [5.41, 5.74) is 2.41. The zero-order valence-electron chi connectivity index (χ0n) is 12.3. The Bertz CT molecular complexity index is 852. The zero-order valence-corrected chi connectivity index (χ0v) is 13.1. The molecule has 0 bridgehead atoms. The van der Waals surface area contributed by atoms with Gasteiger partial charge >= 0.3 is 0 Å². The van der Waals surface area contributed by atoms with Crippen molar-refractivity contribution >= 4 is 28.4 Å². The molecule has 0 spiro atoms. The lowest BCUT2D eigenvalue weighted by Gasteiger charge is -2.08. The first-order chi connectivity index (χ1) is 11.1. The molecule has 0 saturated heterocycles. The van der Waals surface area contributed by atoms with E-state index in [1.807, 2.05) is 24.4 Å². The van der Waals surface area contributed by atoms with Crippen molar-refractivity contribution in [1.29, 1.82) is 0 Å². The van der Waals surface area contributed by atoms with Gasteiger partial charge in [0, 0.05) is 28.7 Å². The normalized spacial score (nSPS) is 10.9. The summed E-state index contributed by atoms with van der Waals surface area (Å²) in [6, 6.07) is 10.0. The smallest absolute Gasteiger partial charge is 0.254 e. The van der Waals surface area contributed by atoms with Gasteiger partial charge in [0.2, 0.25) is 0 Å². The molecule has 1 amide bonds. The van der Waals surface area contributed by atoms with Crippen molar-refractivity contribution in [2.75, 3.05) is 6.54 Å². The lowest BCUT2D eigenvalue weighted by molar-refractivity contribution is 0.0950. The molecule has 0 unspecified atom stereocenters. The van der Waals surface area contributed by atoms with Gasteiger partial charge in [-0.15, -0.1) is 0 Å². The third-order valence-electron chi connectivity index (χ3n) is 3.74. The number of carbonyl (C=O) groups excluding carboxylic acids is 1. The second-order valence-electron chi connectivity index (χ2n) is 5.28. The molecule has 0 aliphatic heterocycles. The van der Waals surface area contributed by atoms with E-state index in [4.69, 9.17) is 11.6 Å². The number of fused-ring (bicyclic) bond motifs is 1. The second-order valence-corrected chi connectivity index (χ2v) is 5.72. The van der Waals surface area contributed by atoms with Crippen molar-refractivity contribution in [2.24, 2.45) is 0 Å². The fourth-order valence-electron chi connectivity index (χ4n) is 2.58. The third kappa shape index (κ3) is 3.22. The molecule has 2 aromatic carbocycles. The molecular weight excluding hydrogens is 315 g/mol. The molecule has 3 aromatic rings. The number of carbonyl (C=O) groups is 1. The number of halogens is 2. The predicted molar refractivity (Wildman–Crippen MR) is 90.2 cm³/mol. The van der Waals surface area contributed by atoms with E-state index in [2.05, 4.69) is 17.2 Å². The highest BCUT2D eigenvalue weighted by molar-refractivity contribution is 6.31. The predicted octanol–water partition coefficient (Wildman–Crippen LogP) is 4.12. The Balaban J connectivity index is 1.69. The minimum absolute atomic E-state index is 0.00512. The molecule has 0 atom stereocenters. The topological polar surface area (TPSA) is 44.9 Å². The quantitative estimate of drug-likeness (QED) is 0.743. The van der Waals surface area contributed by atoms with Crippen LogP contribution in [0.25, 0.3) is 10.9 Å². The standard InChI is InChI=1S/C18H15ClFN2O/c1-11-3-2-4-15(20)17(11)18(23)21-8-7-12-10-22-16-6-5-13(19)9-14(12)16/h2-6,9-10,22H,1,7-8H2,(H,21,23). The Hall–Kier alpha value is -2.33. The molecule has 1 heterocycles. The summed E-state index contributed by atoms with van der Waals surface area (Å²) in [6.45, 7) is 4.09. The average Bonchev–Trinajstić information content (AvgIpc) is 2.89. The zero-order chi connectivity index (χ0) is 16.4. The molecule has 2 N–H and O–H groups in total. The highest BCUT2D eigenvalue weighted by Gasteiger charge is 2.14. The molecule has 5 heteroatoms. The number of hydrogen-bond donors (Lipinski definition) is 2. The van der Waals surface area contributed by atoms with E-state index in [9.17, 15) is 9.18 Å². The fourth-order valence-corrected chi connectivity index (χ4v) is 2.75. The van der Waals surface area contributed by atoms with Gasteiger partial charge in [-0.2, -0.15) is 0 Å². The SMILES string of the molecule is [CH2]c1cccc(F)c1C(=O)NCCc1c[nH]c2ccc(Cl)cc12. The van der Waals surface area contributed by atoms with E-state index < -0.39 is 11.7 Å². The molecular formula is C18H15ClFN2O. The van der Waals surface area contributed by atoms with Crippen LogP contribution in [0.3, 0.4) is 0 Å². The van der Waals surface area contributed by atoms with Gasteiger partial charge in [0.15, 0.2) is 0 Å². The third-order valence-corrected chi connectivity index (χ3v) is 3.97. The van der Waals surface area contributed by atoms with Crippen molar-refractivity contribution in [1.82, 2.24) is 10.3 Å². The maximum Gasteiger partial charge on any atom is 0.254 e. The molecule has 1 radical (unpaired) electrons. The highest BCUT2D eigenvalue weighted by Crippen LogP contribution is 2.22. The van der Waals surface area contributed by atoms with Crippen LogP contribution in [0.5, 0.6) is 0 Å². The van der Waals surface area contributed by atoms with E-state index in [0.717, 1.165) is 16.5 Å². The molecule has 0 aliphatic carbocycles. The lowest BCUT2D eigenvalue weighted by atomic mass is 10.1. The molecule has 23 heavy (non-hydrogen) atoms. The number of aromatic nitrogens is 1. The highest BCUT2D eigenvalue weighted by atomic mass is 35.5. The van der Waals surface area contributed by atoms with Crippen LogP contribution in [0, 0.1) is 12.7 Å². The van der Waals surface area contributed by atoms with Crippen LogP contribution in [0.2, 0.25) is 5.02 Å². The van der Waals surface area contributed by atoms with Crippen LogP contribution < -0.4 is 5.32 Å². The Morgan fingerprint density at radius 1 is 1.30 bits per heavy atom. The minimum atomic E-state index is -0.561. The molecule has 1 aromatic heterocycles. The van der Waals surface area contributed by atoms with Crippen molar-refractivity contribution in [3.63, 3.8) is 0 Å². The molecule has 3 rings (SSSR count). The van der Waals surface area contributed by atoms with Crippen molar-refractivity contribution in [2.45, 2.75) is 6.42 Å². The average molecular weight is 330 g/mol. The van der Waals surface area contributed by atoms with Crippen LogP contribution in [0.4, 0.5) is 4.39 Å². The minimum Gasteiger partial charge on any atom is -0.361 e. The first-order valence-electron chi connectivity index (χ1n) is 7.20. The number of rotatable bonds is 4. The van der Waals surface area contributed by atoms with Crippen LogP contribution in [0.1, 0.15) is 21.5 Å². The Labute approximate surface area is 138 Å². The number of amides is 1. The van der Waals surface area contributed by atoms with Gasteiger partial charge in [-0.05, 0) is 48.7 Å². The molecule has 117 valence electrons.